The molecule has 0 spiro atoms. The van der Waals surface area contributed by atoms with Crippen molar-refractivity contribution in [2.24, 2.45) is 5.92 Å². The summed E-state index contributed by atoms with van der Waals surface area (Å²) in [7, 11) is 0. The summed E-state index contributed by atoms with van der Waals surface area (Å²) in [5.41, 5.74) is 0. The van der Waals surface area contributed by atoms with Gasteiger partial charge < -0.3 is 4.74 Å². The van der Waals surface area contributed by atoms with Gasteiger partial charge in [-0.2, -0.15) is 4.98 Å². The number of ether oxygens (including phenoxy) is 1. The minimum absolute atomic E-state index is 0.248. The minimum atomic E-state index is 0.248. The summed E-state index contributed by atoms with van der Waals surface area (Å²) >= 11 is 7.41. The fourth-order valence-corrected chi connectivity index (χ4v) is 2.68. The van der Waals surface area contributed by atoms with E-state index in [1.807, 2.05) is 11.4 Å². The Morgan fingerprint density at radius 3 is 3.06 bits per heavy atom. The molecule has 0 saturated heterocycles. The highest BCUT2D eigenvalue weighted by Crippen LogP contribution is 2.28. The average molecular weight is 271 g/mol. The van der Waals surface area contributed by atoms with E-state index in [0.717, 1.165) is 16.6 Å². The summed E-state index contributed by atoms with van der Waals surface area (Å²) in [6.07, 6.45) is 2.33. The van der Waals surface area contributed by atoms with Crippen molar-refractivity contribution >= 4 is 33.2 Å². The maximum absolute atomic E-state index is 5.86. The molecule has 17 heavy (non-hydrogen) atoms. The van der Waals surface area contributed by atoms with Crippen LogP contribution in [0.4, 0.5) is 0 Å². The van der Waals surface area contributed by atoms with Gasteiger partial charge in [0.25, 0.3) is 0 Å². The van der Waals surface area contributed by atoms with Crippen LogP contribution < -0.4 is 4.74 Å². The van der Waals surface area contributed by atoms with Crippen molar-refractivity contribution in [3.63, 3.8) is 0 Å². The van der Waals surface area contributed by atoms with E-state index in [0.29, 0.717) is 18.4 Å². The van der Waals surface area contributed by atoms with E-state index in [4.69, 9.17) is 16.3 Å². The minimum Gasteiger partial charge on any atom is -0.477 e. The molecule has 2 aromatic heterocycles. The van der Waals surface area contributed by atoms with Crippen molar-refractivity contribution in [3.05, 3.63) is 16.7 Å². The van der Waals surface area contributed by atoms with Crippen LogP contribution in [-0.4, -0.2) is 16.6 Å². The number of thiophene rings is 1. The van der Waals surface area contributed by atoms with E-state index in [2.05, 4.69) is 23.8 Å². The second kappa shape index (κ2) is 5.65. The van der Waals surface area contributed by atoms with Crippen molar-refractivity contribution < 1.29 is 4.74 Å². The van der Waals surface area contributed by atoms with Gasteiger partial charge in [-0.1, -0.05) is 20.3 Å². The molecule has 2 rings (SSSR count). The van der Waals surface area contributed by atoms with Gasteiger partial charge in [-0.15, -0.1) is 11.3 Å². The van der Waals surface area contributed by atoms with Gasteiger partial charge in [0.2, 0.25) is 11.2 Å². The first-order valence-corrected chi connectivity index (χ1v) is 7.00. The summed E-state index contributed by atoms with van der Waals surface area (Å²) < 4.78 is 5.74. The summed E-state index contributed by atoms with van der Waals surface area (Å²) in [5, 5.41) is 3.17. The fraction of sp³-hybridized carbons (Fsp3) is 0.500. The quantitative estimate of drug-likeness (QED) is 0.765. The largest absolute Gasteiger partial charge is 0.477 e. The van der Waals surface area contributed by atoms with E-state index in [9.17, 15) is 0 Å². The lowest BCUT2D eigenvalue weighted by Gasteiger charge is -2.11. The van der Waals surface area contributed by atoms with Gasteiger partial charge in [-0.3, -0.25) is 0 Å². The summed E-state index contributed by atoms with van der Waals surface area (Å²) in [6.45, 7) is 5.03. The first-order valence-electron chi connectivity index (χ1n) is 5.74. The maximum Gasteiger partial charge on any atom is 0.227 e. The Morgan fingerprint density at radius 2 is 2.29 bits per heavy atom. The molecule has 0 N–H and O–H groups in total. The summed E-state index contributed by atoms with van der Waals surface area (Å²) in [5.74, 6) is 1.13. The van der Waals surface area contributed by atoms with E-state index in [-0.39, 0.29) is 5.28 Å². The molecule has 2 heterocycles. The van der Waals surface area contributed by atoms with Crippen LogP contribution in [0.1, 0.15) is 26.7 Å². The lowest BCUT2D eigenvalue weighted by Crippen LogP contribution is -2.09. The molecule has 2 aromatic rings. The standard InChI is InChI=1S/C12H15ClN2OS/c1-3-4-8(2)7-16-10-9-5-6-17-11(9)15-12(13)14-10/h5-6,8H,3-4,7H2,1-2H3. The predicted octanol–water partition coefficient (Wildman–Crippen LogP) is 4.16. The molecule has 92 valence electrons. The van der Waals surface area contributed by atoms with Crippen LogP contribution in [-0.2, 0) is 0 Å². The Balaban J connectivity index is 2.14. The fourth-order valence-electron chi connectivity index (χ4n) is 1.71. The number of nitrogens with zero attached hydrogens (tertiary/aromatic N) is 2. The Kier molecular flexibility index (Phi) is 4.18. The highest BCUT2D eigenvalue weighted by Gasteiger charge is 2.10. The molecule has 5 heteroatoms. The molecule has 1 unspecified atom stereocenters. The molecule has 0 aliphatic carbocycles. The van der Waals surface area contributed by atoms with Crippen molar-refractivity contribution in [2.45, 2.75) is 26.7 Å². The normalized spacial score (nSPS) is 12.9. The second-order valence-corrected chi connectivity index (χ2v) is 5.37. The number of aromatic nitrogens is 2. The Labute approximate surface area is 110 Å². The van der Waals surface area contributed by atoms with Crippen LogP contribution in [0.5, 0.6) is 5.88 Å². The van der Waals surface area contributed by atoms with Crippen molar-refractivity contribution in [1.29, 1.82) is 0 Å². The molecular formula is C12H15ClN2OS. The van der Waals surface area contributed by atoms with Crippen LogP contribution in [0.2, 0.25) is 5.28 Å². The molecular weight excluding hydrogens is 256 g/mol. The van der Waals surface area contributed by atoms with Crippen molar-refractivity contribution in [2.75, 3.05) is 6.61 Å². The zero-order chi connectivity index (χ0) is 12.3. The topological polar surface area (TPSA) is 35.0 Å². The van der Waals surface area contributed by atoms with E-state index in [1.54, 1.807) is 11.3 Å². The SMILES string of the molecule is CCCC(C)COc1nc(Cl)nc2sccc12. The number of hydrogen-bond acceptors (Lipinski definition) is 4. The van der Waals surface area contributed by atoms with Crippen LogP contribution in [0.15, 0.2) is 11.4 Å². The number of halogens is 1. The Morgan fingerprint density at radius 1 is 1.47 bits per heavy atom. The van der Waals surface area contributed by atoms with Gasteiger partial charge in [0.1, 0.15) is 4.83 Å². The van der Waals surface area contributed by atoms with Crippen molar-refractivity contribution in [3.8, 4) is 5.88 Å². The second-order valence-electron chi connectivity index (χ2n) is 4.14. The van der Waals surface area contributed by atoms with Crippen LogP contribution in [0.3, 0.4) is 0 Å². The third kappa shape index (κ3) is 3.07. The molecule has 0 fully saturated rings. The molecule has 0 amide bonds. The van der Waals surface area contributed by atoms with Crippen LogP contribution in [0, 0.1) is 5.92 Å². The molecule has 3 nitrogen and oxygen atoms in total. The van der Waals surface area contributed by atoms with Gasteiger partial charge in [0.05, 0.1) is 12.0 Å². The maximum atomic E-state index is 5.86. The van der Waals surface area contributed by atoms with E-state index in [1.165, 1.54) is 6.42 Å². The van der Waals surface area contributed by atoms with Gasteiger partial charge in [0, 0.05) is 0 Å². The third-order valence-corrected chi connectivity index (χ3v) is 3.52. The Hall–Kier alpha value is -0.870. The number of hydrogen-bond donors (Lipinski definition) is 0. The van der Waals surface area contributed by atoms with Gasteiger partial charge in [0.15, 0.2) is 0 Å². The number of fused-ring (bicyclic) bond motifs is 1. The molecule has 0 bridgehead atoms. The molecule has 0 aliphatic heterocycles. The van der Waals surface area contributed by atoms with Gasteiger partial charge in [-0.25, -0.2) is 4.98 Å². The monoisotopic (exact) mass is 270 g/mol. The van der Waals surface area contributed by atoms with E-state index >= 15 is 0 Å². The first kappa shape index (κ1) is 12.6. The van der Waals surface area contributed by atoms with Gasteiger partial charge in [-0.05, 0) is 35.4 Å². The summed E-state index contributed by atoms with van der Waals surface area (Å²) in [4.78, 5) is 9.17. The highest BCUT2D eigenvalue weighted by atomic mass is 35.5. The zero-order valence-corrected chi connectivity index (χ0v) is 11.5. The van der Waals surface area contributed by atoms with E-state index < -0.39 is 0 Å². The highest BCUT2D eigenvalue weighted by molar-refractivity contribution is 7.16. The van der Waals surface area contributed by atoms with Crippen LogP contribution >= 0.6 is 22.9 Å². The lowest BCUT2D eigenvalue weighted by atomic mass is 10.1. The summed E-state index contributed by atoms with van der Waals surface area (Å²) in [6, 6.07) is 1.97. The molecule has 0 aliphatic rings. The predicted molar refractivity (Wildman–Crippen MR) is 72.0 cm³/mol. The van der Waals surface area contributed by atoms with Crippen molar-refractivity contribution in [1.82, 2.24) is 9.97 Å². The number of rotatable bonds is 5. The average Bonchev–Trinajstić information content (AvgIpc) is 2.74. The smallest absolute Gasteiger partial charge is 0.227 e. The van der Waals surface area contributed by atoms with Gasteiger partial charge >= 0.3 is 0 Å². The molecule has 0 aromatic carbocycles. The van der Waals surface area contributed by atoms with Crippen LogP contribution in [0.25, 0.3) is 10.2 Å². The molecule has 1 atom stereocenters. The molecule has 0 saturated carbocycles. The zero-order valence-electron chi connectivity index (χ0n) is 9.94. The Bertz CT molecular complexity index is 500. The lowest BCUT2D eigenvalue weighted by molar-refractivity contribution is 0.246. The molecule has 0 radical (unpaired) electrons. The first-order chi connectivity index (χ1) is 8.20. The third-order valence-electron chi connectivity index (χ3n) is 2.55.